The highest BCUT2D eigenvalue weighted by Gasteiger charge is 2.02. The van der Waals surface area contributed by atoms with Crippen molar-refractivity contribution in [2.75, 3.05) is 19.0 Å². The molecule has 0 saturated carbocycles. The molecular weight excluding hydrogens is 417 g/mol. The lowest BCUT2D eigenvalue weighted by Gasteiger charge is -2.09. The predicted octanol–water partition coefficient (Wildman–Crippen LogP) is 3.78. The van der Waals surface area contributed by atoms with Crippen LogP contribution in [0.4, 0.5) is 5.69 Å². The molecule has 0 aliphatic heterocycles. The fraction of sp³-hybridized carbons (Fsp3) is 0.278. The van der Waals surface area contributed by atoms with Crippen molar-refractivity contribution in [1.82, 2.24) is 0 Å². The molecular formula is C18H24IN3O2. The molecule has 0 fully saturated rings. The van der Waals surface area contributed by atoms with E-state index in [1.165, 1.54) is 0 Å². The van der Waals surface area contributed by atoms with Gasteiger partial charge < -0.3 is 20.5 Å². The molecule has 2 aromatic carbocycles. The van der Waals surface area contributed by atoms with Crippen LogP contribution in [0.3, 0.4) is 0 Å². The minimum absolute atomic E-state index is 0. The van der Waals surface area contributed by atoms with Gasteiger partial charge in [0.05, 0.1) is 20.3 Å². The van der Waals surface area contributed by atoms with Gasteiger partial charge >= 0.3 is 0 Å². The molecule has 0 saturated heterocycles. The van der Waals surface area contributed by atoms with Gasteiger partial charge in [-0.3, -0.25) is 0 Å². The molecule has 0 heterocycles. The second-order valence-corrected chi connectivity index (χ2v) is 4.96. The van der Waals surface area contributed by atoms with Crippen LogP contribution in [0.2, 0.25) is 0 Å². The van der Waals surface area contributed by atoms with Crippen LogP contribution >= 0.6 is 24.0 Å². The predicted molar refractivity (Wildman–Crippen MR) is 109 cm³/mol. The number of nitrogens with one attached hydrogen (secondary N) is 1. The number of nitrogens with two attached hydrogens (primary N) is 1. The second-order valence-electron chi connectivity index (χ2n) is 4.96. The van der Waals surface area contributed by atoms with E-state index in [1.807, 2.05) is 55.5 Å². The first-order chi connectivity index (χ1) is 11.2. The summed E-state index contributed by atoms with van der Waals surface area (Å²) in [6.07, 6.45) is 0. The number of nitrogens with zero attached hydrogens (tertiary/aromatic N) is 1. The van der Waals surface area contributed by atoms with Gasteiger partial charge in [-0.2, -0.15) is 0 Å². The Kier molecular flexibility index (Phi) is 9.18. The largest absolute Gasteiger partial charge is 0.497 e. The quantitative estimate of drug-likeness (QED) is 0.390. The molecule has 2 aromatic rings. The van der Waals surface area contributed by atoms with E-state index in [1.54, 1.807) is 7.11 Å². The Morgan fingerprint density at radius 1 is 1.12 bits per heavy atom. The van der Waals surface area contributed by atoms with Gasteiger partial charge in [-0.15, -0.1) is 24.0 Å². The van der Waals surface area contributed by atoms with E-state index in [0.717, 1.165) is 22.6 Å². The Hall–Kier alpha value is -1.80. The number of guanidine groups is 1. The number of rotatable bonds is 7. The third-order valence-corrected chi connectivity index (χ3v) is 3.34. The van der Waals surface area contributed by atoms with E-state index in [-0.39, 0.29) is 24.0 Å². The van der Waals surface area contributed by atoms with Crippen molar-refractivity contribution >= 4 is 35.6 Å². The summed E-state index contributed by atoms with van der Waals surface area (Å²) in [7, 11) is 1.63. The zero-order valence-electron chi connectivity index (χ0n) is 14.0. The molecule has 0 aromatic heterocycles. The summed E-state index contributed by atoms with van der Waals surface area (Å²) in [5.74, 6) is 1.13. The summed E-state index contributed by atoms with van der Waals surface area (Å²) in [6, 6.07) is 15.6. The minimum Gasteiger partial charge on any atom is -0.497 e. The van der Waals surface area contributed by atoms with Crippen molar-refractivity contribution < 1.29 is 9.47 Å². The Labute approximate surface area is 160 Å². The van der Waals surface area contributed by atoms with E-state index in [4.69, 9.17) is 15.2 Å². The second kappa shape index (κ2) is 10.9. The third kappa shape index (κ3) is 6.37. The lowest BCUT2D eigenvalue weighted by atomic mass is 10.1. The smallest absolute Gasteiger partial charge is 0.193 e. The lowest BCUT2D eigenvalue weighted by molar-refractivity contribution is 0.133. The molecule has 0 unspecified atom stereocenters. The number of hydrogen-bond acceptors (Lipinski definition) is 3. The number of halogens is 1. The van der Waals surface area contributed by atoms with Crippen molar-refractivity contribution in [3.8, 4) is 5.75 Å². The van der Waals surface area contributed by atoms with Crippen LogP contribution in [-0.2, 0) is 17.9 Å². The van der Waals surface area contributed by atoms with Gasteiger partial charge in [0.2, 0.25) is 0 Å². The van der Waals surface area contributed by atoms with E-state index >= 15 is 0 Å². The van der Waals surface area contributed by atoms with Crippen LogP contribution in [0.5, 0.6) is 5.75 Å². The van der Waals surface area contributed by atoms with Gasteiger partial charge in [-0.1, -0.05) is 30.3 Å². The van der Waals surface area contributed by atoms with Crippen molar-refractivity contribution in [2.45, 2.75) is 20.1 Å². The fourth-order valence-electron chi connectivity index (χ4n) is 2.12. The molecule has 130 valence electrons. The molecule has 5 nitrogen and oxygen atoms in total. The van der Waals surface area contributed by atoms with Gasteiger partial charge in [0.25, 0.3) is 0 Å². The van der Waals surface area contributed by atoms with E-state index < -0.39 is 0 Å². The fourth-order valence-corrected chi connectivity index (χ4v) is 2.12. The van der Waals surface area contributed by atoms with Crippen LogP contribution in [0, 0.1) is 0 Å². The molecule has 0 amide bonds. The standard InChI is InChI=1S/C18H23N3O2.HI/c1-3-23-13-15-8-5-4-7-14(15)12-20-18(19)21-16-9-6-10-17(11-16)22-2;/h4-11H,3,12-13H2,1-2H3,(H3,19,20,21);1H. The van der Waals surface area contributed by atoms with E-state index in [9.17, 15) is 0 Å². The third-order valence-electron chi connectivity index (χ3n) is 3.34. The highest BCUT2D eigenvalue weighted by molar-refractivity contribution is 14.0. The normalized spacial score (nSPS) is 10.8. The van der Waals surface area contributed by atoms with Gasteiger partial charge in [0.15, 0.2) is 5.96 Å². The highest BCUT2D eigenvalue weighted by Crippen LogP contribution is 2.16. The Morgan fingerprint density at radius 2 is 1.88 bits per heavy atom. The van der Waals surface area contributed by atoms with Crippen molar-refractivity contribution in [3.05, 3.63) is 59.7 Å². The van der Waals surface area contributed by atoms with Crippen molar-refractivity contribution in [3.63, 3.8) is 0 Å². The maximum Gasteiger partial charge on any atom is 0.193 e. The number of hydrogen-bond donors (Lipinski definition) is 2. The number of aliphatic imine (C=N–C) groups is 1. The summed E-state index contributed by atoms with van der Waals surface area (Å²) < 4.78 is 10.7. The molecule has 0 aliphatic carbocycles. The molecule has 0 radical (unpaired) electrons. The van der Waals surface area contributed by atoms with E-state index in [2.05, 4.69) is 10.3 Å². The topological polar surface area (TPSA) is 68.9 Å². The molecule has 6 heteroatoms. The first-order valence-corrected chi connectivity index (χ1v) is 7.58. The monoisotopic (exact) mass is 441 g/mol. The van der Waals surface area contributed by atoms with Crippen LogP contribution in [0.1, 0.15) is 18.1 Å². The maximum atomic E-state index is 5.96. The summed E-state index contributed by atoms with van der Waals surface area (Å²) >= 11 is 0. The average molecular weight is 441 g/mol. The van der Waals surface area contributed by atoms with Crippen LogP contribution < -0.4 is 15.8 Å². The molecule has 0 aliphatic rings. The average Bonchev–Trinajstić information content (AvgIpc) is 2.59. The molecule has 3 N–H and O–H groups in total. The molecule has 0 atom stereocenters. The van der Waals surface area contributed by atoms with Gasteiger partial charge in [-0.25, -0.2) is 4.99 Å². The number of benzene rings is 2. The van der Waals surface area contributed by atoms with Crippen molar-refractivity contribution in [1.29, 1.82) is 0 Å². The van der Waals surface area contributed by atoms with Gasteiger partial charge in [0.1, 0.15) is 5.75 Å². The van der Waals surface area contributed by atoms with Crippen LogP contribution in [0.25, 0.3) is 0 Å². The number of anilines is 1. The SMILES string of the molecule is CCOCc1ccccc1CN=C(N)Nc1cccc(OC)c1.I. The lowest BCUT2D eigenvalue weighted by Crippen LogP contribution is -2.22. The maximum absolute atomic E-state index is 5.96. The van der Waals surface area contributed by atoms with E-state index in [0.29, 0.717) is 25.7 Å². The molecule has 2 rings (SSSR count). The number of ether oxygens (including phenoxy) is 2. The zero-order valence-corrected chi connectivity index (χ0v) is 16.3. The molecule has 0 bridgehead atoms. The van der Waals surface area contributed by atoms with Crippen LogP contribution in [-0.4, -0.2) is 19.7 Å². The Morgan fingerprint density at radius 3 is 2.58 bits per heavy atom. The van der Waals surface area contributed by atoms with Gasteiger partial charge in [0, 0.05) is 18.4 Å². The van der Waals surface area contributed by atoms with Gasteiger partial charge in [-0.05, 0) is 30.2 Å². The molecule has 0 spiro atoms. The first kappa shape index (κ1) is 20.2. The highest BCUT2D eigenvalue weighted by atomic mass is 127. The number of methoxy groups -OCH3 is 1. The first-order valence-electron chi connectivity index (χ1n) is 7.58. The Balaban J connectivity index is 0.00000288. The summed E-state index contributed by atoms with van der Waals surface area (Å²) in [5, 5.41) is 3.07. The zero-order chi connectivity index (χ0) is 16.5. The Bertz CT molecular complexity index is 662. The van der Waals surface area contributed by atoms with Crippen LogP contribution in [0.15, 0.2) is 53.5 Å². The molecule has 24 heavy (non-hydrogen) atoms. The minimum atomic E-state index is 0. The van der Waals surface area contributed by atoms with Crippen molar-refractivity contribution in [2.24, 2.45) is 10.7 Å². The summed E-state index contributed by atoms with van der Waals surface area (Å²) in [4.78, 5) is 4.40. The summed E-state index contributed by atoms with van der Waals surface area (Å²) in [5.41, 5.74) is 9.04. The summed E-state index contributed by atoms with van der Waals surface area (Å²) in [6.45, 7) is 3.77.